The first kappa shape index (κ1) is 26.7. The van der Waals surface area contributed by atoms with Crippen LogP contribution in [0.5, 0.6) is 5.75 Å². The molecule has 0 aliphatic heterocycles. The molecule has 1 N–H and O–H groups in total. The van der Waals surface area contributed by atoms with E-state index in [0.29, 0.717) is 17.2 Å². The minimum Gasteiger partial charge on any atom is -0.483 e. The van der Waals surface area contributed by atoms with Gasteiger partial charge in [0.15, 0.2) is 6.61 Å². The maximum absolute atomic E-state index is 13.7. The zero-order valence-electron chi connectivity index (χ0n) is 21.6. The van der Waals surface area contributed by atoms with Gasteiger partial charge in [0, 0.05) is 24.0 Å². The van der Waals surface area contributed by atoms with E-state index in [2.05, 4.69) is 5.32 Å². The van der Waals surface area contributed by atoms with E-state index < -0.39 is 6.04 Å². The van der Waals surface area contributed by atoms with Crippen molar-refractivity contribution in [2.24, 2.45) is 0 Å². The maximum Gasteiger partial charge on any atom is 0.261 e. The molecule has 1 aliphatic carbocycles. The monoisotopic (exact) mass is 518 g/mol. The number of hydrogen-bond donors (Lipinski definition) is 1. The van der Waals surface area contributed by atoms with Gasteiger partial charge >= 0.3 is 0 Å². The smallest absolute Gasteiger partial charge is 0.261 e. The Labute approximate surface area is 224 Å². The van der Waals surface area contributed by atoms with E-state index >= 15 is 0 Å². The predicted molar refractivity (Wildman–Crippen MR) is 148 cm³/mol. The molecular weight excluding hydrogens is 484 g/mol. The summed E-state index contributed by atoms with van der Waals surface area (Å²) in [5.74, 6) is 0.308. The van der Waals surface area contributed by atoms with Crippen molar-refractivity contribution in [2.75, 3.05) is 6.61 Å². The van der Waals surface area contributed by atoms with Crippen LogP contribution in [0.25, 0.3) is 0 Å². The second-order valence-electron chi connectivity index (χ2n) is 9.90. The van der Waals surface area contributed by atoms with Crippen molar-refractivity contribution in [2.45, 2.75) is 64.6 Å². The van der Waals surface area contributed by atoms with Crippen LogP contribution in [-0.2, 0) is 22.6 Å². The van der Waals surface area contributed by atoms with Crippen molar-refractivity contribution < 1.29 is 14.3 Å². The van der Waals surface area contributed by atoms with Crippen LogP contribution in [0.4, 0.5) is 0 Å². The van der Waals surface area contributed by atoms with Gasteiger partial charge in [0.25, 0.3) is 5.91 Å². The van der Waals surface area contributed by atoms with E-state index in [9.17, 15) is 9.59 Å². The molecule has 2 amide bonds. The number of rotatable bonds is 10. The van der Waals surface area contributed by atoms with Gasteiger partial charge in [-0.1, -0.05) is 84.6 Å². The molecule has 0 spiro atoms. The number of carbonyl (C=O) groups excluding carboxylic acids is 2. The van der Waals surface area contributed by atoms with Crippen LogP contribution in [-0.4, -0.2) is 35.4 Å². The molecule has 4 rings (SSSR count). The molecule has 1 saturated carbocycles. The zero-order valence-corrected chi connectivity index (χ0v) is 22.3. The first-order valence-electron chi connectivity index (χ1n) is 13.0. The van der Waals surface area contributed by atoms with Gasteiger partial charge in [-0.3, -0.25) is 9.59 Å². The Kier molecular flexibility index (Phi) is 9.24. The summed E-state index contributed by atoms with van der Waals surface area (Å²) in [6.45, 7) is 4.11. The van der Waals surface area contributed by atoms with E-state index in [1.165, 1.54) is 0 Å². The number of halogens is 1. The number of aryl methyl sites for hydroxylation is 2. The molecule has 0 saturated heterocycles. The van der Waals surface area contributed by atoms with Gasteiger partial charge in [-0.05, 0) is 61.6 Å². The summed E-state index contributed by atoms with van der Waals surface area (Å²) < 4.78 is 5.96. The third-order valence-corrected chi connectivity index (χ3v) is 7.17. The molecular formula is C31H35ClN2O3. The Morgan fingerprint density at radius 2 is 1.68 bits per heavy atom. The molecule has 1 atom stereocenters. The number of nitrogens with zero attached hydrogens (tertiary/aromatic N) is 1. The van der Waals surface area contributed by atoms with Gasteiger partial charge in [0.1, 0.15) is 11.8 Å². The van der Waals surface area contributed by atoms with Gasteiger partial charge < -0.3 is 15.0 Å². The highest BCUT2D eigenvalue weighted by molar-refractivity contribution is 6.30. The summed E-state index contributed by atoms with van der Waals surface area (Å²) in [5.41, 5.74) is 4.00. The maximum atomic E-state index is 13.7. The Bertz CT molecular complexity index is 1190. The first-order valence-corrected chi connectivity index (χ1v) is 13.3. The number of nitrogens with one attached hydrogen (secondary N) is 1. The fourth-order valence-electron chi connectivity index (χ4n) is 4.89. The van der Waals surface area contributed by atoms with Gasteiger partial charge in [-0.2, -0.15) is 0 Å². The molecule has 1 fully saturated rings. The van der Waals surface area contributed by atoms with Crippen molar-refractivity contribution >= 4 is 23.4 Å². The van der Waals surface area contributed by atoms with Crippen molar-refractivity contribution in [1.82, 2.24) is 10.2 Å². The van der Waals surface area contributed by atoms with Gasteiger partial charge in [0.05, 0.1) is 0 Å². The second-order valence-corrected chi connectivity index (χ2v) is 10.3. The lowest BCUT2D eigenvalue weighted by Gasteiger charge is -2.32. The van der Waals surface area contributed by atoms with E-state index in [1.54, 1.807) is 17.0 Å². The molecule has 1 unspecified atom stereocenters. The zero-order chi connectivity index (χ0) is 26.2. The van der Waals surface area contributed by atoms with Crippen molar-refractivity contribution in [3.05, 3.63) is 100 Å². The summed E-state index contributed by atoms with van der Waals surface area (Å²) in [7, 11) is 0. The highest BCUT2D eigenvalue weighted by Gasteiger charge is 2.32. The third-order valence-electron chi connectivity index (χ3n) is 6.92. The first-order chi connectivity index (χ1) is 17.9. The topological polar surface area (TPSA) is 58.6 Å². The summed E-state index contributed by atoms with van der Waals surface area (Å²) in [5, 5.41) is 3.85. The SMILES string of the molecule is Cc1ccc(OCC(=O)N(Cc2ccc(Cl)cc2)C(Cc2ccccc2)C(=O)NC2CCCC2)c(C)c1. The number of hydrogen-bond acceptors (Lipinski definition) is 3. The Morgan fingerprint density at radius 1 is 0.973 bits per heavy atom. The van der Waals surface area contributed by atoms with Crippen LogP contribution in [0.3, 0.4) is 0 Å². The summed E-state index contributed by atoms with van der Waals surface area (Å²) >= 11 is 6.10. The summed E-state index contributed by atoms with van der Waals surface area (Å²) in [6, 6.07) is 22.6. The van der Waals surface area contributed by atoms with Crippen LogP contribution in [0.15, 0.2) is 72.8 Å². The lowest BCUT2D eigenvalue weighted by Crippen LogP contribution is -2.53. The van der Waals surface area contributed by atoms with Gasteiger partial charge in [-0.15, -0.1) is 0 Å². The average Bonchev–Trinajstić information content (AvgIpc) is 3.40. The lowest BCUT2D eigenvalue weighted by molar-refractivity contribution is -0.143. The molecule has 0 radical (unpaired) electrons. The minimum atomic E-state index is -0.672. The molecule has 194 valence electrons. The van der Waals surface area contributed by atoms with Gasteiger partial charge in [-0.25, -0.2) is 0 Å². The van der Waals surface area contributed by atoms with E-state index in [-0.39, 0.29) is 31.0 Å². The Balaban J connectivity index is 1.61. The molecule has 3 aromatic rings. The molecule has 0 bridgehead atoms. The fourth-order valence-corrected chi connectivity index (χ4v) is 5.02. The quantitative estimate of drug-likeness (QED) is 0.356. The predicted octanol–water partition coefficient (Wildman–Crippen LogP) is 6.03. The highest BCUT2D eigenvalue weighted by Crippen LogP contribution is 2.22. The average molecular weight is 519 g/mol. The van der Waals surface area contributed by atoms with Crippen LogP contribution in [0, 0.1) is 13.8 Å². The van der Waals surface area contributed by atoms with E-state index in [4.69, 9.17) is 16.3 Å². The van der Waals surface area contributed by atoms with Crippen molar-refractivity contribution in [3.8, 4) is 5.75 Å². The van der Waals surface area contributed by atoms with Crippen LogP contribution in [0.1, 0.15) is 47.9 Å². The molecule has 5 nitrogen and oxygen atoms in total. The van der Waals surface area contributed by atoms with Crippen LogP contribution < -0.4 is 10.1 Å². The van der Waals surface area contributed by atoms with E-state index in [1.807, 2.05) is 74.5 Å². The Hall–Kier alpha value is -3.31. The van der Waals surface area contributed by atoms with E-state index in [0.717, 1.165) is 47.9 Å². The standard InChI is InChI=1S/C31H35ClN2O3/c1-22-12-17-29(23(2)18-22)37-21-30(35)34(20-25-13-15-26(32)16-14-25)28(19-24-8-4-3-5-9-24)31(36)33-27-10-6-7-11-27/h3-5,8-9,12-18,27-28H,6-7,10-11,19-21H2,1-2H3,(H,33,36). The highest BCUT2D eigenvalue weighted by atomic mass is 35.5. The normalized spacial score (nSPS) is 14.2. The van der Waals surface area contributed by atoms with Crippen LogP contribution >= 0.6 is 11.6 Å². The molecule has 0 heterocycles. The van der Waals surface area contributed by atoms with Gasteiger partial charge in [0.2, 0.25) is 5.91 Å². The number of ether oxygens (including phenoxy) is 1. The Morgan fingerprint density at radius 3 is 2.35 bits per heavy atom. The molecule has 0 aromatic heterocycles. The molecule has 6 heteroatoms. The number of amides is 2. The number of carbonyl (C=O) groups is 2. The molecule has 1 aliphatic rings. The fraction of sp³-hybridized carbons (Fsp3) is 0.355. The van der Waals surface area contributed by atoms with Crippen LogP contribution in [0.2, 0.25) is 5.02 Å². The number of benzene rings is 3. The molecule has 37 heavy (non-hydrogen) atoms. The summed E-state index contributed by atoms with van der Waals surface area (Å²) in [6.07, 6.45) is 4.61. The van der Waals surface area contributed by atoms with Crippen molar-refractivity contribution in [1.29, 1.82) is 0 Å². The lowest BCUT2D eigenvalue weighted by atomic mass is 10.0. The van der Waals surface area contributed by atoms with Crippen molar-refractivity contribution in [3.63, 3.8) is 0 Å². The largest absolute Gasteiger partial charge is 0.483 e. The molecule has 3 aromatic carbocycles. The second kappa shape index (κ2) is 12.8. The minimum absolute atomic E-state index is 0.121. The summed E-state index contributed by atoms with van der Waals surface area (Å²) in [4.78, 5) is 29.1. The third kappa shape index (κ3) is 7.59.